The Bertz CT molecular complexity index is 1340. The van der Waals surface area contributed by atoms with Gasteiger partial charge in [-0.05, 0) is 107 Å². The summed E-state index contributed by atoms with van der Waals surface area (Å²) in [5, 5.41) is 12.2. The average molecular weight is 555 g/mol. The van der Waals surface area contributed by atoms with Crippen molar-refractivity contribution in [3.05, 3.63) is 82.4 Å². The molecule has 1 saturated heterocycles. The Balaban J connectivity index is 1.34. The van der Waals surface area contributed by atoms with E-state index in [1.165, 1.54) is 16.8 Å². The maximum absolute atomic E-state index is 12.9. The SMILES string of the molecule is CCOc1ccc(N(Cc2cnccc2C)C2CCN([C@H](C)CCNC(=O)c3c(C)cc(C#N)nc3C)CC2)cc1. The number of aromatic nitrogens is 2. The number of benzene rings is 1. The van der Waals surface area contributed by atoms with Crippen molar-refractivity contribution in [1.29, 1.82) is 5.26 Å². The fraction of sp³-hybridized carbons (Fsp3) is 0.455. The van der Waals surface area contributed by atoms with Crippen LogP contribution >= 0.6 is 0 Å². The molecule has 41 heavy (non-hydrogen) atoms. The molecule has 0 bridgehead atoms. The van der Waals surface area contributed by atoms with Crippen molar-refractivity contribution in [2.45, 2.75) is 72.5 Å². The molecule has 1 aliphatic heterocycles. The van der Waals surface area contributed by atoms with Crippen LogP contribution in [0, 0.1) is 32.1 Å². The van der Waals surface area contributed by atoms with E-state index in [4.69, 9.17) is 10.00 Å². The zero-order valence-corrected chi connectivity index (χ0v) is 25.0. The number of ether oxygens (including phenoxy) is 1. The van der Waals surface area contributed by atoms with Crippen LogP contribution in [-0.4, -0.2) is 59.1 Å². The molecular formula is C33H42N6O2. The summed E-state index contributed by atoms with van der Waals surface area (Å²) >= 11 is 0. The topological polar surface area (TPSA) is 94.4 Å². The second-order valence-corrected chi connectivity index (χ2v) is 10.9. The van der Waals surface area contributed by atoms with Gasteiger partial charge >= 0.3 is 0 Å². The van der Waals surface area contributed by atoms with E-state index in [1.54, 1.807) is 13.0 Å². The van der Waals surface area contributed by atoms with Gasteiger partial charge in [-0.1, -0.05) is 0 Å². The molecule has 2 aromatic heterocycles. The van der Waals surface area contributed by atoms with Gasteiger partial charge in [0.2, 0.25) is 0 Å². The molecule has 0 saturated carbocycles. The van der Waals surface area contributed by atoms with E-state index in [0.29, 0.717) is 42.2 Å². The minimum absolute atomic E-state index is 0.125. The number of nitrogens with one attached hydrogen (secondary N) is 1. The molecule has 0 unspecified atom stereocenters. The highest BCUT2D eigenvalue weighted by molar-refractivity contribution is 5.96. The number of likely N-dealkylation sites (tertiary alicyclic amines) is 1. The molecule has 1 atom stereocenters. The fourth-order valence-electron chi connectivity index (χ4n) is 5.71. The molecule has 1 fully saturated rings. The number of rotatable bonds is 11. The summed E-state index contributed by atoms with van der Waals surface area (Å²) in [4.78, 5) is 26.5. The normalized spacial score (nSPS) is 14.7. The number of hydrogen-bond acceptors (Lipinski definition) is 7. The quantitative estimate of drug-likeness (QED) is 0.341. The number of carbonyl (C=O) groups is 1. The van der Waals surface area contributed by atoms with Crippen molar-refractivity contribution in [1.82, 2.24) is 20.2 Å². The van der Waals surface area contributed by atoms with Crippen molar-refractivity contribution < 1.29 is 9.53 Å². The molecule has 0 spiro atoms. The molecule has 8 nitrogen and oxygen atoms in total. The Morgan fingerprint density at radius 3 is 2.54 bits per heavy atom. The van der Waals surface area contributed by atoms with Crippen molar-refractivity contribution in [3.8, 4) is 11.8 Å². The number of pyridine rings is 2. The summed E-state index contributed by atoms with van der Waals surface area (Å²) in [5.74, 6) is 0.768. The van der Waals surface area contributed by atoms with Gasteiger partial charge in [0.15, 0.2) is 0 Å². The average Bonchev–Trinajstić information content (AvgIpc) is 2.97. The zero-order chi connectivity index (χ0) is 29.4. The number of carbonyl (C=O) groups excluding carboxylic acids is 1. The van der Waals surface area contributed by atoms with Crippen molar-refractivity contribution in [2.75, 3.05) is 31.1 Å². The number of piperidine rings is 1. The predicted molar refractivity (Wildman–Crippen MR) is 162 cm³/mol. The molecule has 3 aromatic rings. The van der Waals surface area contributed by atoms with Gasteiger partial charge in [-0.2, -0.15) is 5.26 Å². The van der Waals surface area contributed by atoms with E-state index in [0.717, 1.165) is 50.2 Å². The monoisotopic (exact) mass is 554 g/mol. The number of amides is 1. The first kappa shape index (κ1) is 30.0. The van der Waals surface area contributed by atoms with Gasteiger partial charge in [0.05, 0.1) is 17.9 Å². The predicted octanol–water partition coefficient (Wildman–Crippen LogP) is 5.35. The van der Waals surface area contributed by atoms with Crippen LogP contribution in [0.5, 0.6) is 5.75 Å². The minimum Gasteiger partial charge on any atom is -0.494 e. The molecule has 4 rings (SSSR count). The number of nitrogens with zero attached hydrogens (tertiary/aromatic N) is 5. The van der Waals surface area contributed by atoms with Crippen LogP contribution in [-0.2, 0) is 6.54 Å². The Kier molecular flexibility index (Phi) is 10.3. The van der Waals surface area contributed by atoms with E-state index in [9.17, 15) is 4.79 Å². The van der Waals surface area contributed by atoms with Gasteiger partial charge in [0.25, 0.3) is 5.91 Å². The third kappa shape index (κ3) is 7.62. The van der Waals surface area contributed by atoms with Gasteiger partial charge < -0.3 is 19.9 Å². The Hall–Kier alpha value is -3.96. The Morgan fingerprint density at radius 2 is 1.90 bits per heavy atom. The first-order valence-electron chi connectivity index (χ1n) is 14.6. The third-order valence-corrected chi connectivity index (χ3v) is 8.12. The third-order valence-electron chi connectivity index (χ3n) is 8.12. The molecular weight excluding hydrogens is 512 g/mol. The second-order valence-electron chi connectivity index (χ2n) is 10.9. The van der Waals surface area contributed by atoms with Crippen LogP contribution in [0.4, 0.5) is 5.69 Å². The van der Waals surface area contributed by atoms with Crippen LogP contribution in [0.15, 0.2) is 48.8 Å². The van der Waals surface area contributed by atoms with Crippen LogP contribution < -0.4 is 15.0 Å². The van der Waals surface area contributed by atoms with Gasteiger partial charge in [0.1, 0.15) is 17.5 Å². The van der Waals surface area contributed by atoms with Crippen molar-refractivity contribution >= 4 is 11.6 Å². The summed E-state index contributed by atoms with van der Waals surface area (Å²) in [6, 6.07) is 15.0. The first-order valence-corrected chi connectivity index (χ1v) is 14.6. The molecule has 216 valence electrons. The number of anilines is 1. The van der Waals surface area contributed by atoms with Crippen LogP contribution in [0.1, 0.15) is 71.5 Å². The van der Waals surface area contributed by atoms with Crippen LogP contribution in [0.3, 0.4) is 0 Å². The molecule has 8 heteroatoms. The zero-order valence-electron chi connectivity index (χ0n) is 25.0. The molecule has 0 aliphatic carbocycles. The van der Waals surface area contributed by atoms with Crippen molar-refractivity contribution in [2.24, 2.45) is 0 Å². The summed E-state index contributed by atoms with van der Waals surface area (Å²) in [5.41, 5.74) is 5.98. The molecule has 1 N–H and O–H groups in total. The molecule has 0 radical (unpaired) electrons. The van der Waals surface area contributed by atoms with Crippen LogP contribution in [0.25, 0.3) is 0 Å². The van der Waals surface area contributed by atoms with Gasteiger partial charge in [-0.15, -0.1) is 0 Å². The van der Waals surface area contributed by atoms with Crippen LogP contribution in [0.2, 0.25) is 0 Å². The standard InChI is InChI=1S/C33H42N6O2/c1-6-41-31-9-7-29(8-10-31)39(22-27-21-35-15-11-23(27)2)30-13-17-38(18-14-30)25(4)12-16-36-33(40)32-24(3)19-28(20-34)37-26(32)5/h7-11,15,19,21,25,30H,6,12-14,16-18,22H2,1-5H3,(H,36,40)/t25-/m1/s1. The molecule has 1 aliphatic rings. The van der Waals surface area contributed by atoms with Gasteiger partial charge in [-0.3, -0.25) is 9.78 Å². The van der Waals surface area contributed by atoms with E-state index >= 15 is 0 Å². The minimum atomic E-state index is -0.125. The van der Waals surface area contributed by atoms with E-state index in [2.05, 4.69) is 75.3 Å². The summed E-state index contributed by atoms with van der Waals surface area (Å²) in [7, 11) is 0. The smallest absolute Gasteiger partial charge is 0.253 e. The molecule has 1 aromatic carbocycles. The summed E-state index contributed by atoms with van der Waals surface area (Å²) in [6.45, 7) is 14.1. The lowest BCUT2D eigenvalue weighted by Crippen LogP contribution is -2.48. The summed E-state index contributed by atoms with van der Waals surface area (Å²) in [6.07, 6.45) is 6.85. The lowest BCUT2D eigenvalue weighted by Gasteiger charge is -2.42. The highest BCUT2D eigenvalue weighted by Crippen LogP contribution is 2.29. The van der Waals surface area contributed by atoms with Crippen molar-refractivity contribution in [3.63, 3.8) is 0 Å². The highest BCUT2D eigenvalue weighted by atomic mass is 16.5. The number of nitriles is 1. The number of hydrogen-bond donors (Lipinski definition) is 1. The Labute approximate surface area is 244 Å². The van der Waals surface area contributed by atoms with E-state index < -0.39 is 0 Å². The largest absolute Gasteiger partial charge is 0.494 e. The lowest BCUT2D eigenvalue weighted by molar-refractivity contribution is 0.0943. The van der Waals surface area contributed by atoms with Gasteiger partial charge in [0, 0.05) is 56.3 Å². The number of aryl methyl sites for hydroxylation is 3. The van der Waals surface area contributed by atoms with E-state index in [-0.39, 0.29) is 5.91 Å². The maximum Gasteiger partial charge on any atom is 0.253 e. The molecule has 1 amide bonds. The maximum atomic E-state index is 12.9. The summed E-state index contributed by atoms with van der Waals surface area (Å²) < 4.78 is 5.68. The Morgan fingerprint density at radius 1 is 1.17 bits per heavy atom. The lowest BCUT2D eigenvalue weighted by atomic mass is 9.99. The second kappa shape index (κ2) is 14.1. The first-order chi connectivity index (χ1) is 19.8. The van der Waals surface area contributed by atoms with E-state index in [1.807, 2.05) is 26.2 Å². The molecule has 3 heterocycles. The van der Waals surface area contributed by atoms with Gasteiger partial charge in [-0.25, -0.2) is 4.98 Å². The fourth-order valence-corrected chi connectivity index (χ4v) is 5.71. The highest BCUT2D eigenvalue weighted by Gasteiger charge is 2.28.